The Labute approximate surface area is 235 Å². The fraction of sp³-hybridized carbons (Fsp3) is 0.267. The standard InChI is InChI=1S/C30H29BrN4O4/c31-24-6-9-29(32-18-24)39-25-7-8-26-23(17-25)10-11-35(26)19-30(36)34-14-12-33(13-15-34)27(28-20-37-21-38-28)16-22-4-2-1-3-5-22/h1-11,17-18,20,27H,12-16,19,21H2. The lowest BCUT2D eigenvalue weighted by atomic mass is 10.0. The maximum Gasteiger partial charge on any atom is 0.242 e. The number of carbonyl (C=O) groups is 1. The molecule has 0 radical (unpaired) electrons. The van der Waals surface area contributed by atoms with Gasteiger partial charge in [0, 0.05) is 60.0 Å². The fourth-order valence-electron chi connectivity index (χ4n) is 5.13. The zero-order chi connectivity index (χ0) is 26.6. The molecule has 1 atom stereocenters. The molecule has 2 aromatic carbocycles. The monoisotopic (exact) mass is 588 g/mol. The number of amides is 1. The summed E-state index contributed by atoms with van der Waals surface area (Å²) in [5, 5.41) is 1.01. The van der Waals surface area contributed by atoms with E-state index in [-0.39, 0.29) is 18.7 Å². The number of benzene rings is 2. The van der Waals surface area contributed by atoms with Gasteiger partial charge in [-0.1, -0.05) is 30.3 Å². The highest BCUT2D eigenvalue weighted by molar-refractivity contribution is 9.10. The summed E-state index contributed by atoms with van der Waals surface area (Å²) in [5.74, 6) is 2.21. The second-order valence-corrected chi connectivity index (χ2v) is 10.6. The largest absolute Gasteiger partial charge is 0.462 e. The van der Waals surface area contributed by atoms with E-state index in [2.05, 4.69) is 50.1 Å². The van der Waals surface area contributed by atoms with Crippen molar-refractivity contribution in [2.45, 2.75) is 19.0 Å². The van der Waals surface area contributed by atoms with Gasteiger partial charge >= 0.3 is 0 Å². The quantitative estimate of drug-likeness (QED) is 0.282. The van der Waals surface area contributed by atoms with E-state index in [1.54, 1.807) is 12.5 Å². The third-order valence-electron chi connectivity index (χ3n) is 7.17. The number of aromatic nitrogens is 2. The van der Waals surface area contributed by atoms with Crippen molar-refractivity contribution in [1.29, 1.82) is 0 Å². The van der Waals surface area contributed by atoms with E-state index in [1.165, 1.54) is 5.56 Å². The molecule has 6 rings (SSSR count). The van der Waals surface area contributed by atoms with Crippen molar-refractivity contribution in [3.8, 4) is 11.6 Å². The van der Waals surface area contributed by atoms with Crippen molar-refractivity contribution < 1.29 is 19.0 Å². The predicted molar refractivity (Wildman–Crippen MR) is 151 cm³/mol. The Morgan fingerprint density at radius 2 is 1.87 bits per heavy atom. The molecule has 2 aromatic heterocycles. The van der Waals surface area contributed by atoms with Gasteiger partial charge in [-0.3, -0.25) is 9.69 Å². The van der Waals surface area contributed by atoms with E-state index >= 15 is 0 Å². The van der Waals surface area contributed by atoms with Crippen LogP contribution in [0.2, 0.25) is 0 Å². The van der Waals surface area contributed by atoms with Gasteiger partial charge in [-0.15, -0.1) is 0 Å². The van der Waals surface area contributed by atoms with E-state index in [0.29, 0.717) is 31.3 Å². The average Bonchev–Trinajstić information content (AvgIpc) is 3.64. The summed E-state index contributed by atoms with van der Waals surface area (Å²) in [6.45, 7) is 3.47. The minimum atomic E-state index is 0.0876. The SMILES string of the molecule is O=C(Cn1ccc2cc(Oc3ccc(Br)cn3)ccc21)N1CCN(C(Cc2ccccc2)C2=COCO2)CC1. The maximum atomic E-state index is 13.3. The van der Waals surface area contributed by atoms with Crippen LogP contribution in [0.5, 0.6) is 11.6 Å². The summed E-state index contributed by atoms with van der Waals surface area (Å²) in [4.78, 5) is 21.9. The molecular weight excluding hydrogens is 560 g/mol. The number of piperazine rings is 1. The number of carbonyl (C=O) groups excluding carboxylic acids is 1. The minimum Gasteiger partial charge on any atom is -0.462 e. The van der Waals surface area contributed by atoms with Gasteiger partial charge in [0.15, 0.2) is 5.76 Å². The van der Waals surface area contributed by atoms with Gasteiger partial charge in [-0.2, -0.15) is 0 Å². The highest BCUT2D eigenvalue weighted by Gasteiger charge is 2.31. The molecule has 0 N–H and O–H groups in total. The molecule has 2 aliphatic heterocycles. The second-order valence-electron chi connectivity index (χ2n) is 9.65. The van der Waals surface area contributed by atoms with Crippen LogP contribution in [0.15, 0.2) is 95.6 Å². The van der Waals surface area contributed by atoms with Gasteiger partial charge in [-0.05, 0) is 58.2 Å². The van der Waals surface area contributed by atoms with Crippen molar-refractivity contribution >= 4 is 32.7 Å². The van der Waals surface area contributed by atoms with Crippen LogP contribution in [-0.2, 0) is 27.2 Å². The van der Waals surface area contributed by atoms with Crippen LogP contribution in [0.25, 0.3) is 10.9 Å². The lowest BCUT2D eigenvalue weighted by molar-refractivity contribution is -0.133. The van der Waals surface area contributed by atoms with Crippen molar-refractivity contribution in [3.05, 3.63) is 101 Å². The molecule has 1 unspecified atom stereocenters. The molecule has 1 fully saturated rings. The van der Waals surface area contributed by atoms with E-state index in [1.807, 2.05) is 58.1 Å². The second kappa shape index (κ2) is 11.5. The Balaban J connectivity index is 1.08. The number of ether oxygens (including phenoxy) is 3. The molecule has 4 aromatic rings. The highest BCUT2D eigenvalue weighted by Crippen LogP contribution is 2.27. The Kier molecular flexibility index (Phi) is 7.51. The molecule has 2 aliphatic rings. The number of hydrogen-bond donors (Lipinski definition) is 0. The van der Waals surface area contributed by atoms with E-state index in [4.69, 9.17) is 14.2 Å². The van der Waals surface area contributed by atoms with Crippen LogP contribution in [-0.4, -0.2) is 64.3 Å². The number of halogens is 1. The molecule has 39 heavy (non-hydrogen) atoms. The average molecular weight is 589 g/mol. The first-order valence-corrected chi connectivity index (χ1v) is 13.8. The van der Waals surface area contributed by atoms with Crippen LogP contribution in [0.3, 0.4) is 0 Å². The Morgan fingerprint density at radius 1 is 1.03 bits per heavy atom. The molecule has 4 heterocycles. The van der Waals surface area contributed by atoms with E-state index in [9.17, 15) is 4.79 Å². The van der Waals surface area contributed by atoms with Gasteiger partial charge < -0.3 is 23.7 Å². The zero-order valence-electron chi connectivity index (χ0n) is 21.4. The number of pyridine rings is 1. The Bertz CT molecular complexity index is 1460. The molecule has 0 saturated carbocycles. The third-order valence-corrected chi connectivity index (χ3v) is 7.64. The molecule has 8 nitrogen and oxygen atoms in total. The van der Waals surface area contributed by atoms with Crippen LogP contribution in [0.1, 0.15) is 5.56 Å². The summed E-state index contributed by atoms with van der Waals surface area (Å²) >= 11 is 3.38. The highest BCUT2D eigenvalue weighted by atomic mass is 79.9. The van der Waals surface area contributed by atoms with Crippen molar-refractivity contribution in [1.82, 2.24) is 19.4 Å². The topological polar surface area (TPSA) is 69.1 Å². The fourth-order valence-corrected chi connectivity index (χ4v) is 5.36. The van der Waals surface area contributed by atoms with Crippen LogP contribution >= 0.6 is 15.9 Å². The minimum absolute atomic E-state index is 0.0876. The molecule has 1 amide bonds. The van der Waals surface area contributed by atoms with Crippen molar-refractivity contribution in [3.63, 3.8) is 0 Å². The smallest absolute Gasteiger partial charge is 0.242 e. The summed E-state index contributed by atoms with van der Waals surface area (Å²) < 4.78 is 19.9. The van der Waals surface area contributed by atoms with E-state index < -0.39 is 0 Å². The van der Waals surface area contributed by atoms with Crippen LogP contribution in [0.4, 0.5) is 0 Å². The van der Waals surface area contributed by atoms with Crippen molar-refractivity contribution in [2.75, 3.05) is 33.0 Å². The Morgan fingerprint density at radius 3 is 2.62 bits per heavy atom. The Hall–Kier alpha value is -3.82. The zero-order valence-corrected chi connectivity index (χ0v) is 23.0. The summed E-state index contributed by atoms with van der Waals surface area (Å²) in [6, 6.07) is 22.1. The lowest BCUT2D eigenvalue weighted by Crippen LogP contribution is -2.53. The van der Waals surface area contributed by atoms with Gasteiger partial charge in [0.1, 0.15) is 18.6 Å². The maximum absolute atomic E-state index is 13.3. The molecule has 9 heteroatoms. The normalized spacial score (nSPS) is 16.4. The van der Waals surface area contributed by atoms with Gasteiger partial charge in [-0.25, -0.2) is 4.98 Å². The number of hydrogen-bond acceptors (Lipinski definition) is 6. The van der Waals surface area contributed by atoms with Gasteiger partial charge in [0.05, 0.1) is 6.04 Å². The first-order chi connectivity index (χ1) is 19.1. The number of fused-ring (bicyclic) bond motifs is 1. The van der Waals surface area contributed by atoms with Crippen LogP contribution in [0, 0.1) is 0 Å². The van der Waals surface area contributed by atoms with Crippen molar-refractivity contribution in [2.24, 2.45) is 0 Å². The third kappa shape index (κ3) is 5.94. The summed E-state index contributed by atoms with van der Waals surface area (Å²) in [6.07, 6.45) is 6.23. The predicted octanol–water partition coefficient (Wildman–Crippen LogP) is 5.19. The molecule has 0 aliphatic carbocycles. The van der Waals surface area contributed by atoms with Gasteiger partial charge in [0.25, 0.3) is 0 Å². The first kappa shape index (κ1) is 25.5. The van der Waals surface area contributed by atoms with Crippen LogP contribution < -0.4 is 4.74 Å². The summed E-state index contributed by atoms with van der Waals surface area (Å²) in [5.41, 5.74) is 2.24. The molecule has 200 valence electrons. The molecule has 0 bridgehead atoms. The van der Waals surface area contributed by atoms with E-state index in [0.717, 1.165) is 40.6 Å². The molecular formula is C30H29BrN4O4. The lowest BCUT2D eigenvalue weighted by Gasteiger charge is -2.39. The first-order valence-electron chi connectivity index (χ1n) is 13.0. The van der Waals surface area contributed by atoms with Gasteiger partial charge in [0.2, 0.25) is 18.6 Å². The number of rotatable bonds is 8. The number of nitrogens with zero attached hydrogens (tertiary/aromatic N) is 4. The molecule has 1 saturated heterocycles. The summed E-state index contributed by atoms with van der Waals surface area (Å²) in [7, 11) is 0. The molecule has 0 spiro atoms.